The van der Waals surface area contributed by atoms with Crippen molar-refractivity contribution in [3.05, 3.63) is 57.2 Å². The second kappa shape index (κ2) is 3.35. The van der Waals surface area contributed by atoms with E-state index in [1.807, 2.05) is 0 Å². The molecule has 0 spiro atoms. The quantitative estimate of drug-likeness (QED) is 0.461. The lowest BCUT2D eigenvalue weighted by atomic mass is 10.1. The van der Waals surface area contributed by atoms with Gasteiger partial charge in [0.2, 0.25) is 0 Å². The summed E-state index contributed by atoms with van der Waals surface area (Å²) in [5, 5.41) is 1.38. The van der Waals surface area contributed by atoms with Crippen LogP contribution in [0.4, 0.5) is 0 Å². The lowest BCUT2D eigenvalue weighted by molar-refractivity contribution is 1.29. The van der Waals surface area contributed by atoms with Gasteiger partial charge in [0.15, 0.2) is 0 Å². The van der Waals surface area contributed by atoms with Gasteiger partial charge in [-0.1, -0.05) is 24.3 Å². The van der Waals surface area contributed by atoms with E-state index in [0.29, 0.717) is 0 Å². The summed E-state index contributed by atoms with van der Waals surface area (Å²) in [6.07, 6.45) is 1.06. The zero-order valence-corrected chi connectivity index (χ0v) is 11.3. The molecule has 0 amide bonds. The molecule has 1 N–H and O–H groups in total. The minimum Gasteiger partial charge on any atom is -0.354 e. The fourth-order valence-electron chi connectivity index (χ4n) is 2.74. The van der Waals surface area contributed by atoms with Crippen molar-refractivity contribution in [1.29, 1.82) is 0 Å². The summed E-state index contributed by atoms with van der Waals surface area (Å²) in [6.45, 7) is 0. The average Bonchev–Trinajstić information content (AvgIpc) is 2.85. The summed E-state index contributed by atoms with van der Waals surface area (Å²) in [6, 6.07) is 15.3. The lowest BCUT2D eigenvalue weighted by Crippen LogP contribution is -1.81. The van der Waals surface area contributed by atoms with Gasteiger partial charge in [0.05, 0.1) is 5.69 Å². The minimum atomic E-state index is 1.06. The Morgan fingerprint density at radius 1 is 1.06 bits per heavy atom. The van der Waals surface area contributed by atoms with Crippen molar-refractivity contribution in [1.82, 2.24) is 4.98 Å². The van der Waals surface area contributed by atoms with Crippen LogP contribution in [0.15, 0.2) is 42.5 Å². The Kier molecular flexibility index (Phi) is 1.92. The first kappa shape index (κ1) is 9.71. The van der Waals surface area contributed by atoms with Gasteiger partial charge in [-0.3, -0.25) is 0 Å². The number of nitrogens with one attached hydrogen (secondary N) is 1. The first-order valence-corrected chi connectivity index (χ1v) is 6.79. The Balaban J connectivity index is 2.09. The number of aromatic amines is 1. The molecule has 3 aromatic rings. The fourth-order valence-corrected chi connectivity index (χ4v) is 3.23. The number of hydrogen-bond acceptors (Lipinski definition) is 0. The van der Waals surface area contributed by atoms with Gasteiger partial charge in [0, 0.05) is 26.5 Å². The van der Waals surface area contributed by atoms with Crippen LogP contribution in [0, 0.1) is 3.57 Å². The maximum atomic E-state index is 3.56. The summed E-state index contributed by atoms with van der Waals surface area (Å²) >= 11 is 2.38. The maximum absolute atomic E-state index is 3.56. The molecule has 2 heteroatoms. The standard InChI is InChI=1S/C15H10IN/c16-10-5-6-14-12(8-10)13-7-9-3-1-2-4-11(9)15(13)17-14/h1-6,8,17H,7H2. The highest BCUT2D eigenvalue weighted by Crippen LogP contribution is 2.40. The van der Waals surface area contributed by atoms with Gasteiger partial charge in [-0.05, 0) is 51.9 Å². The van der Waals surface area contributed by atoms with Crippen molar-refractivity contribution >= 4 is 33.5 Å². The van der Waals surface area contributed by atoms with E-state index in [0.717, 1.165) is 6.42 Å². The summed E-state index contributed by atoms with van der Waals surface area (Å²) in [4.78, 5) is 3.56. The molecule has 0 atom stereocenters. The van der Waals surface area contributed by atoms with E-state index in [2.05, 4.69) is 70.0 Å². The summed E-state index contributed by atoms with van der Waals surface area (Å²) < 4.78 is 1.30. The van der Waals surface area contributed by atoms with E-state index in [1.54, 1.807) is 0 Å². The molecular weight excluding hydrogens is 321 g/mol. The van der Waals surface area contributed by atoms with Gasteiger partial charge in [0.25, 0.3) is 0 Å². The Bertz CT molecular complexity index is 740. The molecule has 0 radical (unpaired) electrons. The summed E-state index contributed by atoms with van der Waals surface area (Å²) in [5.74, 6) is 0. The molecule has 0 unspecified atom stereocenters. The van der Waals surface area contributed by atoms with Gasteiger partial charge in [-0.25, -0.2) is 0 Å². The number of rotatable bonds is 0. The van der Waals surface area contributed by atoms with Gasteiger partial charge >= 0.3 is 0 Å². The highest BCUT2D eigenvalue weighted by Gasteiger charge is 2.22. The van der Waals surface area contributed by atoms with Crippen molar-refractivity contribution in [3.63, 3.8) is 0 Å². The van der Waals surface area contributed by atoms with Crippen molar-refractivity contribution in [3.8, 4) is 11.3 Å². The molecule has 4 rings (SSSR count). The van der Waals surface area contributed by atoms with Crippen LogP contribution in [0.5, 0.6) is 0 Å². The van der Waals surface area contributed by atoms with Crippen LogP contribution in [0.25, 0.3) is 22.2 Å². The largest absolute Gasteiger partial charge is 0.354 e. The molecule has 82 valence electrons. The second-order valence-corrected chi connectivity index (χ2v) is 5.75. The Labute approximate surface area is 113 Å². The molecule has 1 aliphatic rings. The zero-order chi connectivity index (χ0) is 11.4. The van der Waals surface area contributed by atoms with E-state index in [4.69, 9.17) is 0 Å². The van der Waals surface area contributed by atoms with Gasteiger partial charge in [-0.2, -0.15) is 0 Å². The monoisotopic (exact) mass is 331 g/mol. The highest BCUT2D eigenvalue weighted by molar-refractivity contribution is 14.1. The minimum absolute atomic E-state index is 1.06. The summed E-state index contributed by atoms with van der Waals surface area (Å²) in [5.41, 5.74) is 6.84. The summed E-state index contributed by atoms with van der Waals surface area (Å²) in [7, 11) is 0. The van der Waals surface area contributed by atoms with E-state index < -0.39 is 0 Å². The van der Waals surface area contributed by atoms with Crippen LogP contribution in [0.2, 0.25) is 0 Å². The predicted octanol–water partition coefficient (Wildman–Crippen LogP) is 4.34. The molecule has 1 nitrogen and oxygen atoms in total. The van der Waals surface area contributed by atoms with E-state index >= 15 is 0 Å². The average molecular weight is 331 g/mol. The van der Waals surface area contributed by atoms with Gasteiger partial charge < -0.3 is 4.98 Å². The van der Waals surface area contributed by atoms with E-state index in [1.165, 1.54) is 36.9 Å². The number of aromatic nitrogens is 1. The van der Waals surface area contributed by atoms with Gasteiger partial charge in [-0.15, -0.1) is 0 Å². The van der Waals surface area contributed by atoms with Crippen LogP contribution >= 0.6 is 22.6 Å². The first-order chi connectivity index (χ1) is 8.33. The molecular formula is C15H10IN. The lowest BCUT2D eigenvalue weighted by Gasteiger charge is -1.98. The SMILES string of the molecule is Ic1ccc2[nH]c3c(c2c1)Cc1ccccc1-3. The molecule has 1 aliphatic carbocycles. The smallest absolute Gasteiger partial charge is 0.0503 e. The molecule has 0 fully saturated rings. The number of H-pyrrole nitrogens is 1. The highest BCUT2D eigenvalue weighted by atomic mass is 127. The van der Waals surface area contributed by atoms with Crippen LogP contribution in [0.1, 0.15) is 11.1 Å². The number of fused-ring (bicyclic) bond motifs is 5. The predicted molar refractivity (Wildman–Crippen MR) is 79.3 cm³/mol. The third-order valence-corrected chi connectivity index (χ3v) is 4.19. The molecule has 0 aliphatic heterocycles. The fraction of sp³-hybridized carbons (Fsp3) is 0.0667. The topological polar surface area (TPSA) is 15.8 Å². The van der Waals surface area contributed by atoms with Crippen molar-refractivity contribution in [2.45, 2.75) is 6.42 Å². The second-order valence-electron chi connectivity index (χ2n) is 4.50. The zero-order valence-electron chi connectivity index (χ0n) is 9.13. The molecule has 1 aromatic heterocycles. The van der Waals surface area contributed by atoms with Crippen molar-refractivity contribution < 1.29 is 0 Å². The number of halogens is 1. The Morgan fingerprint density at radius 2 is 1.94 bits per heavy atom. The Hall–Kier alpha value is -1.29. The maximum Gasteiger partial charge on any atom is 0.0503 e. The van der Waals surface area contributed by atoms with Gasteiger partial charge in [0.1, 0.15) is 0 Å². The van der Waals surface area contributed by atoms with Crippen LogP contribution in [-0.2, 0) is 6.42 Å². The molecule has 1 heterocycles. The van der Waals surface area contributed by atoms with Crippen LogP contribution in [-0.4, -0.2) is 4.98 Å². The Morgan fingerprint density at radius 3 is 2.88 bits per heavy atom. The molecule has 0 saturated heterocycles. The number of hydrogen-bond donors (Lipinski definition) is 1. The van der Waals surface area contributed by atoms with Crippen molar-refractivity contribution in [2.24, 2.45) is 0 Å². The number of benzene rings is 2. The van der Waals surface area contributed by atoms with Crippen LogP contribution in [0.3, 0.4) is 0 Å². The molecule has 0 saturated carbocycles. The van der Waals surface area contributed by atoms with E-state index in [-0.39, 0.29) is 0 Å². The normalized spacial score (nSPS) is 12.8. The third-order valence-electron chi connectivity index (χ3n) is 3.52. The molecule has 0 bridgehead atoms. The first-order valence-electron chi connectivity index (χ1n) is 5.71. The third kappa shape index (κ3) is 1.30. The van der Waals surface area contributed by atoms with Crippen LogP contribution < -0.4 is 0 Å². The van der Waals surface area contributed by atoms with E-state index in [9.17, 15) is 0 Å². The molecule has 2 aromatic carbocycles. The molecule has 17 heavy (non-hydrogen) atoms. The van der Waals surface area contributed by atoms with Crippen molar-refractivity contribution in [2.75, 3.05) is 0 Å².